The number of hydrogen-bond acceptors (Lipinski definition) is 3. The van der Waals surface area contributed by atoms with Crippen LogP contribution in [0.25, 0.3) is 0 Å². The van der Waals surface area contributed by atoms with Gasteiger partial charge in [0.25, 0.3) is 0 Å². The minimum absolute atomic E-state index is 0.0895. The Kier molecular flexibility index (Phi) is 4.26. The Morgan fingerprint density at radius 2 is 1.82 bits per heavy atom. The van der Waals surface area contributed by atoms with Gasteiger partial charge in [0.05, 0.1) is 12.7 Å². The topological polar surface area (TPSA) is 41.5 Å². The van der Waals surface area contributed by atoms with Crippen molar-refractivity contribution in [2.75, 3.05) is 11.9 Å². The molecule has 1 aliphatic rings. The molecule has 17 heavy (non-hydrogen) atoms. The summed E-state index contributed by atoms with van der Waals surface area (Å²) >= 11 is 0. The fourth-order valence-corrected chi connectivity index (χ4v) is 2.27. The first-order valence-electron chi connectivity index (χ1n) is 6.45. The molecule has 0 saturated heterocycles. The molecule has 0 bridgehead atoms. The third-order valence-corrected chi connectivity index (χ3v) is 3.23. The second-order valence-electron chi connectivity index (χ2n) is 4.61. The normalized spacial score (nSPS) is 24.4. The van der Waals surface area contributed by atoms with Gasteiger partial charge < -0.3 is 15.2 Å². The third-order valence-electron chi connectivity index (χ3n) is 3.23. The minimum Gasteiger partial charge on any atom is -0.494 e. The predicted molar refractivity (Wildman–Crippen MR) is 69.5 cm³/mol. The third kappa shape index (κ3) is 3.63. The highest BCUT2D eigenvalue weighted by molar-refractivity contribution is 5.47. The monoisotopic (exact) mass is 235 g/mol. The van der Waals surface area contributed by atoms with Crippen molar-refractivity contribution in [3.05, 3.63) is 24.3 Å². The average molecular weight is 235 g/mol. The van der Waals surface area contributed by atoms with Gasteiger partial charge in [-0.05, 0) is 56.9 Å². The summed E-state index contributed by atoms with van der Waals surface area (Å²) in [5, 5.41) is 12.9. The Morgan fingerprint density at radius 1 is 1.18 bits per heavy atom. The molecule has 1 saturated carbocycles. The molecule has 0 amide bonds. The number of rotatable bonds is 4. The largest absolute Gasteiger partial charge is 0.494 e. The number of anilines is 1. The van der Waals surface area contributed by atoms with Crippen LogP contribution in [0, 0.1) is 0 Å². The lowest BCUT2D eigenvalue weighted by molar-refractivity contribution is 0.126. The summed E-state index contributed by atoms with van der Waals surface area (Å²) in [5.74, 6) is 0.914. The number of nitrogens with one attached hydrogen (secondary N) is 1. The van der Waals surface area contributed by atoms with E-state index in [1.165, 1.54) is 0 Å². The summed E-state index contributed by atoms with van der Waals surface area (Å²) in [7, 11) is 0. The lowest BCUT2D eigenvalue weighted by Crippen LogP contribution is -2.28. The summed E-state index contributed by atoms with van der Waals surface area (Å²) in [4.78, 5) is 0. The lowest BCUT2D eigenvalue weighted by Gasteiger charge is -2.27. The summed E-state index contributed by atoms with van der Waals surface area (Å²) in [6.45, 7) is 2.69. The molecule has 2 rings (SSSR count). The van der Waals surface area contributed by atoms with Gasteiger partial charge in [0.2, 0.25) is 0 Å². The van der Waals surface area contributed by atoms with E-state index < -0.39 is 0 Å². The van der Waals surface area contributed by atoms with Gasteiger partial charge in [-0.15, -0.1) is 0 Å². The Hall–Kier alpha value is -1.22. The van der Waals surface area contributed by atoms with Crippen molar-refractivity contribution in [2.24, 2.45) is 0 Å². The van der Waals surface area contributed by atoms with Gasteiger partial charge in [-0.2, -0.15) is 0 Å². The highest BCUT2D eigenvalue weighted by Crippen LogP contribution is 2.23. The average Bonchev–Trinajstić information content (AvgIpc) is 2.35. The SMILES string of the molecule is CCOc1ccc(NC2CCC(O)CC2)cc1. The van der Waals surface area contributed by atoms with Crippen molar-refractivity contribution < 1.29 is 9.84 Å². The number of benzene rings is 1. The summed E-state index contributed by atoms with van der Waals surface area (Å²) in [6, 6.07) is 8.58. The van der Waals surface area contributed by atoms with Crippen molar-refractivity contribution in [1.29, 1.82) is 0 Å². The summed E-state index contributed by atoms with van der Waals surface area (Å²) < 4.78 is 5.40. The predicted octanol–water partition coefficient (Wildman–Crippen LogP) is 2.80. The van der Waals surface area contributed by atoms with Crippen molar-refractivity contribution >= 4 is 5.69 Å². The summed E-state index contributed by atoms with van der Waals surface area (Å²) in [5.41, 5.74) is 1.13. The number of hydrogen-bond donors (Lipinski definition) is 2. The second-order valence-corrected chi connectivity index (χ2v) is 4.61. The van der Waals surface area contributed by atoms with E-state index in [1.54, 1.807) is 0 Å². The van der Waals surface area contributed by atoms with Crippen LogP contribution in [0.15, 0.2) is 24.3 Å². The molecule has 94 valence electrons. The van der Waals surface area contributed by atoms with Gasteiger partial charge in [-0.3, -0.25) is 0 Å². The van der Waals surface area contributed by atoms with Crippen molar-refractivity contribution in [2.45, 2.75) is 44.8 Å². The molecular formula is C14H21NO2. The van der Waals surface area contributed by atoms with E-state index in [0.717, 1.165) is 37.1 Å². The van der Waals surface area contributed by atoms with E-state index in [1.807, 2.05) is 19.1 Å². The zero-order chi connectivity index (χ0) is 12.1. The molecule has 0 unspecified atom stereocenters. The molecular weight excluding hydrogens is 214 g/mol. The van der Waals surface area contributed by atoms with Crippen molar-refractivity contribution in [1.82, 2.24) is 0 Å². The number of aliphatic hydroxyl groups is 1. The highest BCUT2D eigenvalue weighted by atomic mass is 16.5. The van der Waals surface area contributed by atoms with E-state index >= 15 is 0 Å². The van der Waals surface area contributed by atoms with E-state index in [-0.39, 0.29) is 6.10 Å². The van der Waals surface area contributed by atoms with Crippen LogP contribution in [-0.4, -0.2) is 23.9 Å². The molecule has 2 N–H and O–H groups in total. The van der Waals surface area contributed by atoms with Gasteiger partial charge in [-0.1, -0.05) is 0 Å². The van der Waals surface area contributed by atoms with Crippen molar-refractivity contribution in [3.63, 3.8) is 0 Å². The standard InChI is InChI=1S/C14H21NO2/c1-2-17-14-9-5-12(6-10-14)15-11-3-7-13(16)8-4-11/h5-6,9-11,13,15-16H,2-4,7-8H2,1H3. The van der Waals surface area contributed by atoms with Crippen LogP contribution in [-0.2, 0) is 0 Å². The van der Waals surface area contributed by atoms with Gasteiger partial charge in [0, 0.05) is 11.7 Å². The Morgan fingerprint density at radius 3 is 2.41 bits per heavy atom. The van der Waals surface area contributed by atoms with Gasteiger partial charge in [-0.25, -0.2) is 0 Å². The van der Waals surface area contributed by atoms with E-state index in [0.29, 0.717) is 12.6 Å². The Labute approximate surface area is 103 Å². The van der Waals surface area contributed by atoms with Crippen LogP contribution in [0.2, 0.25) is 0 Å². The van der Waals surface area contributed by atoms with Crippen molar-refractivity contribution in [3.8, 4) is 5.75 Å². The molecule has 1 aromatic carbocycles. The maximum absolute atomic E-state index is 9.44. The summed E-state index contributed by atoms with van der Waals surface area (Å²) in [6.07, 6.45) is 3.83. The maximum Gasteiger partial charge on any atom is 0.119 e. The first-order valence-corrected chi connectivity index (χ1v) is 6.45. The molecule has 0 aliphatic heterocycles. The number of aliphatic hydroxyl groups excluding tert-OH is 1. The highest BCUT2D eigenvalue weighted by Gasteiger charge is 2.18. The van der Waals surface area contributed by atoms with Crippen LogP contribution >= 0.6 is 0 Å². The van der Waals surface area contributed by atoms with Gasteiger partial charge in [0.15, 0.2) is 0 Å². The molecule has 0 aromatic heterocycles. The number of ether oxygens (including phenoxy) is 1. The van der Waals surface area contributed by atoms with Crippen LogP contribution in [0.3, 0.4) is 0 Å². The Balaban J connectivity index is 1.86. The zero-order valence-electron chi connectivity index (χ0n) is 10.4. The molecule has 0 heterocycles. The van der Waals surface area contributed by atoms with E-state index in [2.05, 4.69) is 17.4 Å². The first kappa shape index (κ1) is 12.2. The molecule has 1 fully saturated rings. The van der Waals surface area contributed by atoms with E-state index in [4.69, 9.17) is 4.74 Å². The molecule has 0 spiro atoms. The van der Waals surface area contributed by atoms with E-state index in [9.17, 15) is 5.11 Å². The molecule has 1 aromatic rings. The second kappa shape index (κ2) is 5.92. The first-order chi connectivity index (χ1) is 8.28. The smallest absolute Gasteiger partial charge is 0.119 e. The van der Waals surface area contributed by atoms with Crippen LogP contribution in [0.1, 0.15) is 32.6 Å². The zero-order valence-corrected chi connectivity index (χ0v) is 10.4. The van der Waals surface area contributed by atoms with Crippen LogP contribution in [0.5, 0.6) is 5.75 Å². The lowest BCUT2D eigenvalue weighted by atomic mass is 9.93. The maximum atomic E-state index is 9.44. The van der Waals surface area contributed by atoms with Gasteiger partial charge >= 0.3 is 0 Å². The fraction of sp³-hybridized carbons (Fsp3) is 0.571. The van der Waals surface area contributed by atoms with Gasteiger partial charge in [0.1, 0.15) is 5.75 Å². The minimum atomic E-state index is -0.0895. The van der Waals surface area contributed by atoms with Crippen LogP contribution in [0.4, 0.5) is 5.69 Å². The Bertz CT molecular complexity index is 329. The quantitative estimate of drug-likeness (QED) is 0.843. The molecule has 3 heteroatoms. The molecule has 1 aliphatic carbocycles. The van der Waals surface area contributed by atoms with Crippen LogP contribution < -0.4 is 10.1 Å². The molecule has 0 radical (unpaired) electrons. The molecule has 0 atom stereocenters. The fourth-order valence-electron chi connectivity index (χ4n) is 2.27. The molecule has 3 nitrogen and oxygen atoms in total.